The topological polar surface area (TPSA) is 78.0 Å². The fourth-order valence-corrected chi connectivity index (χ4v) is 4.32. The lowest BCUT2D eigenvalue weighted by atomic mass is 10.1. The normalized spacial score (nSPS) is 19.9. The number of ether oxygens (including phenoxy) is 1. The van der Waals surface area contributed by atoms with Crippen molar-refractivity contribution in [3.63, 3.8) is 0 Å². The number of halogens is 4. The second-order valence-corrected chi connectivity index (χ2v) is 8.19. The van der Waals surface area contributed by atoms with Crippen molar-refractivity contribution >= 4 is 29.0 Å². The minimum Gasteiger partial charge on any atom is -0.482 e. The molecular formula is C21H21Cl2F2N5O. The van der Waals surface area contributed by atoms with Gasteiger partial charge in [0.15, 0.2) is 11.6 Å². The van der Waals surface area contributed by atoms with E-state index in [4.69, 9.17) is 33.7 Å². The summed E-state index contributed by atoms with van der Waals surface area (Å²) in [7, 11) is 0. The molecule has 1 saturated heterocycles. The Hall–Kier alpha value is -2.42. The van der Waals surface area contributed by atoms with Gasteiger partial charge in [-0.05, 0) is 38.1 Å². The fourth-order valence-electron chi connectivity index (χ4n) is 3.65. The zero-order valence-corrected chi connectivity index (χ0v) is 18.2. The fraction of sp³-hybridized carbons (Fsp3) is 0.333. The predicted octanol–water partition coefficient (Wildman–Crippen LogP) is 4.99. The lowest BCUT2D eigenvalue weighted by Crippen LogP contribution is -2.39. The third kappa shape index (κ3) is 4.46. The first kappa shape index (κ1) is 21.8. The molecule has 0 spiro atoms. The number of nitrogens with two attached hydrogens (primary N) is 1. The SMILES string of the molecule is C[C@@H](Oc1cc(-c2cnn([C@@H]3CCNC[C@H]3F)c2)cnc1N)c1c(Cl)ccc(F)c1Cl. The van der Waals surface area contributed by atoms with E-state index in [2.05, 4.69) is 15.4 Å². The summed E-state index contributed by atoms with van der Waals surface area (Å²) in [5.74, 6) is -0.138. The van der Waals surface area contributed by atoms with Crippen LogP contribution in [0.1, 0.15) is 31.1 Å². The highest BCUT2D eigenvalue weighted by atomic mass is 35.5. The van der Waals surface area contributed by atoms with E-state index in [9.17, 15) is 8.78 Å². The first-order valence-electron chi connectivity index (χ1n) is 9.80. The Morgan fingerprint density at radius 3 is 2.87 bits per heavy atom. The van der Waals surface area contributed by atoms with Crippen LogP contribution in [0.4, 0.5) is 14.6 Å². The highest BCUT2D eigenvalue weighted by Gasteiger charge is 2.27. The van der Waals surface area contributed by atoms with E-state index in [1.54, 1.807) is 36.3 Å². The van der Waals surface area contributed by atoms with E-state index >= 15 is 0 Å². The Labute approximate surface area is 188 Å². The van der Waals surface area contributed by atoms with E-state index < -0.39 is 18.1 Å². The van der Waals surface area contributed by atoms with Crippen molar-refractivity contribution < 1.29 is 13.5 Å². The maximum Gasteiger partial charge on any atom is 0.166 e. The van der Waals surface area contributed by atoms with Gasteiger partial charge in [0, 0.05) is 40.7 Å². The highest BCUT2D eigenvalue weighted by molar-refractivity contribution is 6.36. The number of nitrogens with one attached hydrogen (secondary N) is 1. The third-order valence-corrected chi connectivity index (χ3v) is 6.03. The molecule has 1 aliphatic heterocycles. The van der Waals surface area contributed by atoms with Crippen molar-refractivity contribution in [2.75, 3.05) is 18.8 Å². The summed E-state index contributed by atoms with van der Waals surface area (Å²) in [6.45, 7) is 2.74. The van der Waals surface area contributed by atoms with Gasteiger partial charge in [-0.2, -0.15) is 5.10 Å². The standard InChI is InChI=1S/C21H21Cl2F2N5O/c1-11(19-14(22)2-3-15(24)20(19)23)31-18-6-12(7-28-21(18)26)13-8-29-30(10-13)17-4-5-27-9-16(17)25/h2-3,6-8,10-11,16-17,27H,4-5,9H2,1H3,(H2,26,28)/t11-,16-,17-/m1/s1. The van der Waals surface area contributed by atoms with Crippen LogP contribution in [0.5, 0.6) is 5.75 Å². The number of nitrogens with zero attached hydrogens (tertiary/aromatic N) is 3. The summed E-state index contributed by atoms with van der Waals surface area (Å²) in [6.07, 6.45) is 3.99. The van der Waals surface area contributed by atoms with Gasteiger partial charge in [-0.1, -0.05) is 23.2 Å². The molecule has 164 valence electrons. The van der Waals surface area contributed by atoms with Crippen molar-refractivity contribution in [2.45, 2.75) is 31.7 Å². The van der Waals surface area contributed by atoms with Gasteiger partial charge in [0.1, 0.15) is 18.1 Å². The van der Waals surface area contributed by atoms with Crippen LogP contribution in [0, 0.1) is 5.82 Å². The molecule has 0 unspecified atom stereocenters. The number of alkyl halides is 1. The molecular weight excluding hydrogens is 447 g/mol. The molecule has 1 aliphatic rings. The van der Waals surface area contributed by atoms with Crippen molar-refractivity contribution in [1.82, 2.24) is 20.1 Å². The van der Waals surface area contributed by atoms with Gasteiger partial charge in [0.05, 0.1) is 17.3 Å². The molecule has 3 atom stereocenters. The Balaban J connectivity index is 1.59. The van der Waals surface area contributed by atoms with Crippen LogP contribution in [0.2, 0.25) is 10.0 Å². The summed E-state index contributed by atoms with van der Waals surface area (Å²) in [4.78, 5) is 4.19. The smallest absolute Gasteiger partial charge is 0.166 e. The van der Waals surface area contributed by atoms with Gasteiger partial charge in [-0.15, -0.1) is 0 Å². The minimum atomic E-state index is -1.01. The molecule has 3 N–H and O–H groups in total. The van der Waals surface area contributed by atoms with E-state index in [-0.39, 0.29) is 21.9 Å². The maximum absolute atomic E-state index is 14.2. The number of pyridine rings is 1. The van der Waals surface area contributed by atoms with Crippen LogP contribution in [-0.2, 0) is 0 Å². The van der Waals surface area contributed by atoms with Crippen LogP contribution < -0.4 is 15.8 Å². The highest BCUT2D eigenvalue weighted by Crippen LogP contribution is 2.37. The maximum atomic E-state index is 14.2. The van der Waals surface area contributed by atoms with Gasteiger partial charge >= 0.3 is 0 Å². The molecule has 0 radical (unpaired) electrons. The number of piperidine rings is 1. The molecule has 0 amide bonds. The zero-order chi connectivity index (χ0) is 22.1. The zero-order valence-electron chi connectivity index (χ0n) is 16.7. The van der Waals surface area contributed by atoms with Gasteiger partial charge in [-0.3, -0.25) is 4.68 Å². The van der Waals surface area contributed by atoms with E-state index in [1.807, 2.05) is 0 Å². The molecule has 4 rings (SSSR count). The average Bonchev–Trinajstić information content (AvgIpc) is 3.23. The van der Waals surface area contributed by atoms with E-state index in [0.29, 0.717) is 29.8 Å². The third-order valence-electron chi connectivity index (χ3n) is 5.32. The molecule has 31 heavy (non-hydrogen) atoms. The van der Waals surface area contributed by atoms with Crippen molar-refractivity contribution in [3.05, 3.63) is 58.2 Å². The number of rotatable bonds is 5. The molecule has 0 saturated carbocycles. The molecule has 1 aromatic carbocycles. The van der Waals surface area contributed by atoms with Gasteiger partial charge in [0.25, 0.3) is 0 Å². The molecule has 2 aromatic heterocycles. The summed E-state index contributed by atoms with van der Waals surface area (Å²) >= 11 is 12.3. The molecule has 0 bridgehead atoms. The van der Waals surface area contributed by atoms with Gasteiger partial charge in [0.2, 0.25) is 0 Å². The molecule has 3 aromatic rings. The lowest BCUT2D eigenvalue weighted by molar-refractivity contribution is 0.173. The van der Waals surface area contributed by atoms with Gasteiger partial charge < -0.3 is 15.8 Å². The lowest BCUT2D eigenvalue weighted by Gasteiger charge is -2.26. The van der Waals surface area contributed by atoms with Gasteiger partial charge in [-0.25, -0.2) is 13.8 Å². The largest absolute Gasteiger partial charge is 0.482 e. The van der Waals surface area contributed by atoms with Crippen LogP contribution in [0.15, 0.2) is 36.8 Å². The monoisotopic (exact) mass is 467 g/mol. The van der Waals surface area contributed by atoms with E-state index in [0.717, 1.165) is 12.1 Å². The molecule has 3 heterocycles. The molecule has 0 aliphatic carbocycles. The number of benzene rings is 1. The van der Waals surface area contributed by atoms with Crippen LogP contribution in [0.3, 0.4) is 0 Å². The molecule has 10 heteroatoms. The van der Waals surface area contributed by atoms with Crippen LogP contribution in [-0.4, -0.2) is 34.0 Å². The second kappa shape index (κ2) is 8.98. The summed E-state index contributed by atoms with van der Waals surface area (Å²) < 4.78 is 35.7. The van der Waals surface area contributed by atoms with Crippen molar-refractivity contribution in [1.29, 1.82) is 0 Å². The average molecular weight is 468 g/mol. The summed E-state index contributed by atoms with van der Waals surface area (Å²) in [6, 6.07) is 4.00. The Kier molecular flexibility index (Phi) is 6.31. The second-order valence-electron chi connectivity index (χ2n) is 7.41. The summed E-state index contributed by atoms with van der Waals surface area (Å²) in [5.41, 5.74) is 7.75. The first-order valence-corrected chi connectivity index (χ1v) is 10.6. The quantitative estimate of drug-likeness (QED) is 0.517. The predicted molar refractivity (Wildman–Crippen MR) is 117 cm³/mol. The first-order chi connectivity index (χ1) is 14.8. The van der Waals surface area contributed by atoms with Crippen molar-refractivity contribution in [2.24, 2.45) is 0 Å². The Morgan fingerprint density at radius 2 is 2.10 bits per heavy atom. The number of aromatic nitrogens is 3. The number of anilines is 1. The molecule has 6 nitrogen and oxygen atoms in total. The van der Waals surface area contributed by atoms with Crippen molar-refractivity contribution in [3.8, 4) is 16.9 Å². The number of hydrogen-bond donors (Lipinski definition) is 2. The number of hydrogen-bond acceptors (Lipinski definition) is 5. The van der Waals surface area contributed by atoms with Crippen LogP contribution in [0.25, 0.3) is 11.1 Å². The molecule has 1 fully saturated rings. The van der Waals surface area contributed by atoms with E-state index in [1.165, 1.54) is 12.1 Å². The van der Waals surface area contributed by atoms with Crippen LogP contribution >= 0.6 is 23.2 Å². The Morgan fingerprint density at radius 1 is 1.29 bits per heavy atom. The Bertz CT molecular complexity index is 1090. The number of nitrogen functional groups attached to an aromatic ring is 1. The summed E-state index contributed by atoms with van der Waals surface area (Å²) in [5, 5.41) is 7.54. The minimum absolute atomic E-state index is 0.105.